The van der Waals surface area contributed by atoms with Crippen LogP contribution in [-0.2, 0) is 21.4 Å². The predicted molar refractivity (Wildman–Crippen MR) is 148 cm³/mol. The highest BCUT2D eigenvalue weighted by Crippen LogP contribution is 2.35. The molecule has 0 N–H and O–H groups in total. The molecule has 0 bridgehead atoms. The zero-order valence-electron chi connectivity index (χ0n) is 21.6. The third-order valence-electron chi connectivity index (χ3n) is 6.78. The predicted octanol–water partition coefficient (Wildman–Crippen LogP) is 4.65. The van der Waals surface area contributed by atoms with Crippen LogP contribution in [0.1, 0.15) is 24.0 Å². The van der Waals surface area contributed by atoms with E-state index in [0.29, 0.717) is 50.1 Å². The van der Waals surface area contributed by atoms with Crippen LogP contribution in [0.4, 0.5) is 11.4 Å². The molecule has 2 saturated heterocycles. The highest BCUT2D eigenvalue weighted by molar-refractivity contribution is 7.89. The van der Waals surface area contributed by atoms with Gasteiger partial charge in [0.25, 0.3) is 0 Å². The van der Waals surface area contributed by atoms with Gasteiger partial charge >= 0.3 is 0 Å². The lowest BCUT2D eigenvalue weighted by Gasteiger charge is -2.27. The summed E-state index contributed by atoms with van der Waals surface area (Å²) < 4.78 is 45.0. The highest BCUT2D eigenvalue weighted by atomic mass is 32.2. The van der Waals surface area contributed by atoms with Crippen LogP contribution in [0.15, 0.2) is 76.6 Å². The second-order valence-electron chi connectivity index (χ2n) is 9.30. The molecule has 0 amide bonds. The number of methoxy groups -OCH3 is 1. The highest BCUT2D eigenvalue weighted by Gasteiger charge is 2.27. The fourth-order valence-corrected chi connectivity index (χ4v) is 6.12. The monoisotopic (exact) mass is 535 g/mol. The summed E-state index contributed by atoms with van der Waals surface area (Å²) in [5.41, 5.74) is 3.45. The van der Waals surface area contributed by atoms with Crippen molar-refractivity contribution >= 4 is 27.6 Å². The van der Waals surface area contributed by atoms with E-state index in [1.807, 2.05) is 54.6 Å². The summed E-state index contributed by atoms with van der Waals surface area (Å²) in [6.45, 7) is 3.79. The smallest absolute Gasteiger partial charge is 0.243 e. The van der Waals surface area contributed by atoms with Crippen LogP contribution < -0.4 is 14.4 Å². The molecule has 0 aromatic heterocycles. The van der Waals surface area contributed by atoms with Gasteiger partial charge in [-0.1, -0.05) is 30.3 Å². The standard InChI is InChI=1S/C29H33N3O5S/c1-35-28-12-9-24(19-29(28)37-22-23-7-3-2-4-8-23)21-30-26-20-25(10-11-27(26)31-13-5-6-14-31)38(33,34)32-15-17-36-18-16-32/h2-4,7-12,19-21H,5-6,13-18,22H2,1H3. The van der Waals surface area contributed by atoms with Gasteiger partial charge in [-0.15, -0.1) is 0 Å². The van der Waals surface area contributed by atoms with E-state index in [0.717, 1.165) is 42.7 Å². The number of benzene rings is 3. The quantitative estimate of drug-likeness (QED) is 0.371. The normalized spacial score (nSPS) is 16.7. The number of hydrogen-bond donors (Lipinski definition) is 0. The first-order valence-electron chi connectivity index (χ1n) is 12.9. The Morgan fingerprint density at radius 2 is 1.68 bits per heavy atom. The van der Waals surface area contributed by atoms with E-state index in [1.54, 1.807) is 25.5 Å². The lowest BCUT2D eigenvalue weighted by Crippen LogP contribution is -2.40. The Bertz CT molecular complexity index is 1370. The summed E-state index contributed by atoms with van der Waals surface area (Å²) in [7, 11) is -2.02. The third-order valence-corrected chi connectivity index (χ3v) is 8.67. The summed E-state index contributed by atoms with van der Waals surface area (Å²) >= 11 is 0. The molecule has 38 heavy (non-hydrogen) atoms. The summed E-state index contributed by atoms with van der Waals surface area (Å²) in [5, 5.41) is 0. The van der Waals surface area contributed by atoms with Crippen LogP contribution in [0.25, 0.3) is 0 Å². The lowest BCUT2D eigenvalue weighted by molar-refractivity contribution is 0.0730. The van der Waals surface area contributed by atoms with Crippen molar-refractivity contribution in [2.24, 2.45) is 4.99 Å². The summed E-state index contributed by atoms with van der Waals surface area (Å²) in [6.07, 6.45) is 3.96. The zero-order valence-corrected chi connectivity index (χ0v) is 22.4. The maximum absolute atomic E-state index is 13.3. The lowest BCUT2D eigenvalue weighted by atomic mass is 10.2. The van der Waals surface area contributed by atoms with E-state index in [-0.39, 0.29) is 4.90 Å². The van der Waals surface area contributed by atoms with E-state index in [2.05, 4.69) is 4.90 Å². The number of ether oxygens (including phenoxy) is 3. The Hall–Kier alpha value is -3.40. The van der Waals surface area contributed by atoms with Gasteiger partial charge in [0.05, 0.1) is 36.6 Å². The molecule has 2 aliphatic heterocycles. The van der Waals surface area contributed by atoms with E-state index in [4.69, 9.17) is 19.2 Å². The second kappa shape index (κ2) is 12.0. The van der Waals surface area contributed by atoms with Gasteiger partial charge in [0, 0.05) is 32.4 Å². The molecule has 0 radical (unpaired) electrons. The molecular formula is C29H33N3O5S. The Morgan fingerprint density at radius 3 is 2.42 bits per heavy atom. The maximum Gasteiger partial charge on any atom is 0.243 e. The molecule has 8 nitrogen and oxygen atoms in total. The fraction of sp³-hybridized carbons (Fsp3) is 0.345. The van der Waals surface area contributed by atoms with Gasteiger partial charge in [0.1, 0.15) is 6.61 Å². The molecule has 3 aromatic rings. The van der Waals surface area contributed by atoms with Crippen molar-refractivity contribution in [3.63, 3.8) is 0 Å². The van der Waals surface area contributed by atoms with Crippen molar-refractivity contribution in [3.05, 3.63) is 77.9 Å². The molecule has 0 spiro atoms. The minimum absolute atomic E-state index is 0.246. The molecule has 0 unspecified atom stereocenters. The van der Waals surface area contributed by atoms with Gasteiger partial charge in [-0.3, -0.25) is 4.99 Å². The Kier molecular flexibility index (Phi) is 8.26. The minimum Gasteiger partial charge on any atom is -0.493 e. The van der Waals surface area contributed by atoms with Crippen molar-refractivity contribution in [1.82, 2.24) is 4.31 Å². The van der Waals surface area contributed by atoms with Gasteiger partial charge in [-0.2, -0.15) is 4.31 Å². The van der Waals surface area contributed by atoms with Gasteiger partial charge in [0.2, 0.25) is 10.0 Å². The number of rotatable bonds is 9. The molecule has 2 heterocycles. The van der Waals surface area contributed by atoms with Crippen LogP contribution in [0, 0.1) is 0 Å². The number of aliphatic imine (C=N–C) groups is 1. The Labute approximate surface area is 224 Å². The van der Waals surface area contributed by atoms with Crippen molar-refractivity contribution < 1.29 is 22.6 Å². The molecule has 5 rings (SSSR count). The first-order valence-corrected chi connectivity index (χ1v) is 14.3. The van der Waals surface area contributed by atoms with Gasteiger partial charge in [-0.25, -0.2) is 8.42 Å². The first kappa shape index (κ1) is 26.2. The Morgan fingerprint density at radius 1 is 0.921 bits per heavy atom. The number of morpholine rings is 1. The number of anilines is 1. The second-order valence-corrected chi connectivity index (χ2v) is 11.2. The van der Waals surface area contributed by atoms with Crippen LogP contribution >= 0.6 is 0 Å². The molecule has 2 aliphatic rings. The van der Waals surface area contributed by atoms with E-state index >= 15 is 0 Å². The summed E-state index contributed by atoms with van der Waals surface area (Å²) in [4.78, 5) is 7.30. The molecule has 2 fully saturated rings. The van der Waals surface area contributed by atoms with Crippen molar-refractivity contribution in [2.45, 2.75) is 24.3 Å². The molecule has 9 heteroatoms. The van der Waals surface area contributed by atoms with Crippen molar-refractivity contribution in [2.75, 3.05) is 51.4 Å². The Balaban J connectivity index is 1.43. The zero-order chi connectivity index (χ0) is 26.4. The number of nitrogens with zero attached hydrogens (tertiary/aromatic N) is 3. The van der Waals surface area contributed by atoms with Crippen molar-refractivity contribution in [1.29, 1.82) is 0 Å². The van der Waals surface area contributed by atoms with Crippen molar-refractivity contribution in [3.8, 4) is 11.5 Å². The maximum atomic E-state index is 13.3. The molecule has 3 aromatic carbocycles. The van der Waals surface area contributed by atoms with Crippen LogP contribution in [0.2, 0.25) is 0 Å². The fourth-order valence-electron chi connectivity index (χ4n) is 4.69. The summed E-state index contributed by atoms with van der Waals surface area (Å²) in [5.74, 6) is 1.25. The number of sulfonamides is 1. The first-order chi connectivity index (χ1) is 18.5. The van der Waals surface area contributed by atoms with E-state index < -0.39 is 10.0 Å². The molecule has 200 valence electrons. The minimum atomic E-state index is -3.63. The molecule has 0 saturated carbocycles. The van der Waals surface area contributed by atoms with Gasteiger partial charge < -0.3 is 19.1 Å². The molecular weight excluding hydrogens is 502 g/mol. The van der Waals surface area contributed by atoms with E-state index in [1.165, 1.54) is 4.31 Å². The van der Waals surface area contributed by atoms with Crippen LogP contribution in [0.5, 0.6) is 11.5 Å². The van der Waals surface area contributed by atoms with Crippen LogP contribution in [-0.4, -0.2) is 65.4 Å². The number of hydrogen-bond acceptors (Lipinski definition) is 7. The average molecular weight is 536 g/mol. The van der Waals surface area contributed by atoms with Gasteiger partial charge in [-0.05, 0) is 60.4 Å². The van der Waals surface area contributed by atoms with Gasteiger partial charge in [0.15, 0.2) is 11.5 Å². The largest absolute Gasteiger partial charge is 0.493 e. The van der Waals surface area contributed by atoms with Crippen LogP contribution in [0.3, 0.4) is 0 Å². The topological polar surface area (TPSA) is 80.7 Å². The summed E-state index contributed by atoms with van der Waals surface area (Å²) in [6, 6.07) is 20.8. The molecule has 0 atom stereocenters. The third kappa shape index (κ3) is 6.01. The van der Waals surface area contributed by atoms with E-state index in [9.17, 15) is 8.42 Å². The SMILES string of the molecule is COc1ccc(C=Nc2cc(S(=O)(=O)N3CCOCC3)ccc2N2CCCC2)cc1OCc1ccccc1. The molecule has 0 aliphatic carbocycles. The average Bonchev–Trinajstić information content (AvgIpc) is 3.51.